The van der Waals surface area contributed by atoms with Crippen LogP contribution in [0.4, 0.5) is 0 Å². The summed E-state index contributed by atoms with van der Waals surface area (Å²) in [6, 6.07) is 9.19. The predicted octanol–water partition coefficient (Wildman–Crippen LogP) is 5.14. The molecule has 0 heterocycles. The molecule has 0 unspecified atom stereocenters. The van der Waals surface area contributed by atoms with Gasteiger partial charge in [-0.25, -0.2) is 0 Å². The first-order chi connectivity index (χ1) is 10.3. The fraction of sp³-hybridized carbons (Fsp3) is 0.0667. The summed E-state index contributed by atoms with van der Waals surface area (Å²) >= 11 is 17.6. The van der Waals surface area contributed by atoms with Gasteiger partial charge < -0.3 is 4.18 Å². The van der Waals surface area contributed by atoms with Crippen molar-refractivity contribution in [2.45, 2.75) is 11.3 Å². The second-order valence-electron chi connectivity index (χ2n) is 4.33. The van der Waals surface area contributed by atoms with E-state index in [4.69, 9.17) is 39.0 Å². The maximum Gasteiger partial charge on any atom is 0.340 e. The molecule has 0 saturated heterocycles. The van der Waals surface area contributed by atoms with Gasteiger partial charge in [-0.15, -0.1) is 6.58 Å². The normalized spacial score (nSPS) is 11.2. The lowest BCUT2D eigenvalue weighted by molar-refractivity contribution is 0.483. The number of halogens is 3. The van der Waals surface area contributed by atoms with E-state index in [1.54, 1.807) is 30.3 Å². The van der Waals surface area contributed by atoms with Gasteiger partial charge in [-0.05, 0) is 30.2 Å². The van der Waals surface area contributed by atoms with Gasteiger partial charge in [0.05, 0.1) is 15.1 Å². The van der Waals surface area contributed by atoms with Crippen LogP contribution in [-0.4, -0.2) is 8.42 Å². The zero-order valence-corrected chi connectivity index (χ0v) is 14.3. The van der Waals surface area contributed by atoms with Crippen molar-refractivity contribution in [1.29, 1.82) is 0 Å². The second kappa shape index (κ2) is 6.92. The van der Waals surface area contributed by atoms with Gasteiger partial charge in [-0.1, -0.05) is 59.1 Å². The molecule has 0 bridgehead atoms. The summed E-state index contributed by atoms with van der Waals surface area (Å²) in [4.78, 5) is -0.239. The minimum absolute atomic E-state index is 0.0596. The molecule has 0 radical (unpaired) electrons. The Labute approximate surface area is 144 Å². The summed E-state index contributed by atoms with van der Waals surface area (Å²) in [5.74, 6) is 0.213. The minimum atomic E-state index is -4.13. The van der Waals surface area contributed by atoms with Gasteiger partial charge in [0.15, 0.2) is 0 Å². The third kappa shape index (κ3) is 3.76. The molecule has 3 nitrogen and oxygen atoms in total. The van der Waals surface area contributed by atoms with Gasteiger partial charge in [0.1, 0.15) is 10.6 Å². The lowest BCUT2D eigenvalue weighted by atomic mass is 10.1. The van der Waals surface area contributed by atoms with Crippen molar-refractivity contribution in [2.24, 2.45) is 0 Å². The van der Waals surface area contributed by atoms with Crippen LogP contribution < -0.4 is 4.18 Å². The first-order valence-corrected chi connectivity index (χ1v) is 8.67. The number of benzene rings is 2. The molecule has 116 valence electrons. The third-order valence-electron chi connectivity index (χ3n) is 2.78. The maximum atomic E-state index is 12.4. The van der Waals surface area contributed by atoms with Gasteiger partial charge in [-0.3, -0.25) is 0 Å². The molecule has 7 heteroatoms. The number of allylic oxidation sites excluding steroid dienone is 1. The van der Waals surface area contributed by atoms with Crippen molar-refractivity contribution >= 4 is 44.9 Å². The second-order valence-corrected chi connectivity index (χ2v) is 7.07. The van der Waals surface area contributed by atoms with Crippen LogP contribution in [-0.2, 0) is 16.5 Å². The topological polar surface area (TPSA) is 43.4 Å². The molecule has 0 aliphatic carbocycles. The zero-order chi connectivity index (χ0) is 16.3. The number of rotatable bonds is 5. The molecule has 0 fully saturated rings. The third-order valence-corrected chi connectivity index (χ3v) is 5.20. The lowest BCUT2D eigenvalue weighted by Crippen LogP contribution is -2.11. The van der Waals surface area contributed by atoms with Crippen LogP contribution in [0.1, 0.15) is 5.56 Å². The summed E-state index contributed by atoms with van der Waals surface area (Å²) < 4.78 is 30.0. The quantitative estimate of drug-likeness (QED) is 0.411. The SMILES string of the molecule is C=CCc1ccccc1OS(=O)(=O)c1cc(Cl)c(Cl)cc1Cl. The zero-order valence-electron chi connectivity index (χ0n) is 11.2. The van der Waals surface area contributed by atoms with Crippen molar-refractivity contribution in [1.82, 2.24) is 0 Å². The Morgan fingerprint density at radius 2 is 1.68 bits per heavy atom. The molecule has 22 heavy (non-hydrogen) atoms. The van der Waals surface area contributed by atoms with Crippen LogP contribution in [0.15, 0.2) is 53.9 Å². The maximum absolute atomic E-state index is 12.4. The lowest BCUT2D eigenvalue weighted by Gasteiger charge is -2.12. The van der Waals surface area contributed by atoms with Gasteiger partial charge in [-0.2, -0.15) is 8.42 Å². The summed E-state index contributed by atoms with van der Waals surface area (Å²) in [6.45, 7) is 3.63. The highest BCUT2D eigenvalue weighted by molar-refractivity contribution is 7.87. The molecule has 0 aliphatic rings. The molecular weight excluding hydrogens is 367 g/mol. The van der Waals surface area contributed by atoms with Crippen molar-refractivity contribution in [3.63, 3.8) is 0 Å². The van der Waals surface area contributed by atoms with Crippen molar-refractivity contribution in [2.75, 3.05) is 0 Å². The molecule has 0 aromatic heterocycles. The molecule has 2 aromatic rings. The average Bonchev–Trinajstić information content (AvgIpc) is 2.45. The summed E-state index contributed by atoms with van der Waals surface area (Å²) in [6.07, 6.45) is 2.13. The highest BCUT2D eigenvalue weighted by atomic mass is 35.5. The predicted molar refractivity (Wildman–Crippen MR) is 89.6 cm³/mol. The molecule has 2 rings (SSSR count). The summed E-state index contributed by atoms with van der Waals surface area (Å²) in [7, 11) is -4.13. The highest BCUT2D eigenvalue weighted by Gasteiger charge is 2.23. The first kappa shape index (κ1) is 17.2. The Morgan fingerprint density at radius 1 is 1.05 bits per heavy atom. The van der Waals surface area contributed by atoms with Crippen molar-refractivity contribution in [3.8, 4) is 5.75 Å². The van der Waals surface area contributed by atoms with E-state index in [9.17, 15) is 8.42 Å². The molecule has 0 atom stereocenters. The number of para-hydroxylation sites is 1. The fourth-order valence-corrected chi connectivity index (χ4v) is 3.71. The first-order valence-electron chi connectivity index (χ1n) is 6.13. The van der Waals surface area contributed by atoms with Crippen LogP contribution in [0.2, 0.25) is 15.1 Å². The van der Waals surface area contributed by atoms with Crippen LogP contribution in [0, 0.1) is 0 Å². The van der Waals surface area contributed by atoms with E-state index in [1.807, 2.05) is 0 Å². The molecule has 0 aliphatic heterocycles. The van der Waals surface area contributed by atoms with Gasteiger partial charge >= 0.3 is 10.1 Å². The van der Waals surface area contributed by atoms with E-state index in [0.717, 1.165) is 6.07 Å². The Balaban J connectivity index is 2.45. The van der Waals surface area contributed by atoms with Gasteiger partial charge in [0.25, 0.3) is 0 Å². The van der Waals surface area contributed by atoms with Gasteiger partial charge in [0, 0.05) is 0 Å². The monoisotopic (exact) mass is 376 g/mol. The average molecular weight is 378 g/mol. The van der Waals surface area contributed by atoms with E-state index in [2.05, 4.69) is 6.58 Å². The summed E-state index contributed by atoms with van der Waals surface area (Å²) in [5.41, 5.74) is 0.692. The van der Waals surface area contributed by atoms with E-state index in [0.29, 0.717) is 12.0 Å². The largest absolute Gasteiger partial charge is 0.379 e. The minimum Gasteiger partial charge on any atom is -0.379 e. The Hall–Kier alpha value is -1.20. The van der Waals surface area contributed by atoms with Crippen molar-refractivity contribution in [3.05, 3.63) is 69.7 Å². The van der Waals surface area contributed by atoms with E-state index in [1.165, 1.54) is 6.07 Å². The van der Waals surface area contributed by atoms with Crippen LogP contribution in [0.3, 0.4) is 0 Å². The van der Waals surface area contributed by atoms with Crippen molar-refractivity contribution < 1.29 is 12.6 Å². The van der Waals surface area contributed by atoms with E-state index < -0.39 is 10.1 Å². The van der Waals surface area contributed by atoms with Crippen LogP contribution >= 0.6 is 34.8 Å². The van der Waals surface area contributed by atoms with Gasteiger partial charge in [0.2, 0.25) is 0 Å². The Bertz CT molecular complexity index is 817. The molecule has 2 aromatic carbocycles. The standard InChI is InChI=1S/C15H11Cl3O3S/c1-2-5-10-6-3-4-7-14(10)21-22(19,20)15-9-12(17)11(16)8-13(15)18/h2-4,6-9H,1,5H2. The molecule has 0 N–H and O–H groups in total. The van der Waals surface area contributed by atoms with Crippen LogP contribution in [0.25, 0.3) is 0 Å². The smallest absolute Gasteiger partial charge is 0.340 e. The molecule has 0 saturated carbocycles. The summed E-state index contributed by atoms with van der Waals surface area (Å²) in [5, 5.41) is 0.181. The molecular formula is C15H11Cl3O3S. The Kier molecular flexibility index (Phi) is 5.40. The highest BCUT2D eigenvalue weighted by Crippen LogP contribution is 2.33. The fourth-order valence-electron chi connectivity index (χ4n) is 1.77. The molecule has 0 amide bonds. The van der Waals surface area contributed by atoms with Crippen LogP contribution in [0.5, 0.6) is 5.75 Å². The Morgan fingerprint density at radius 3 is 2.36 bits per heavy atom. The van der Waals surface area contributed by atoms with E-state index >= 15 is 0 Å². The molecule has 0 spiro atoms. The number of hydrogen-bond acceptors (Lipinski definition) is 3. The van der Waals surface area contributed by atoms with E-state index in [-0.39, 0.29) is 25.7 Å². The number of hydrogen-bond donors (Lipinski definition) is 0.